The van der Waals surface area contributed by atoms with Gasteiger partial charge < -0.3 is 5.32 Å². The highest BCUT2D eigenvalue weighted by Crippen LogP contribution is 2.31. The van der Waals surface area contributed by atoms with Crippen molar-refractivity contribution in [3.05, 3.63) is 0 Å². The molecule has 0 aromatic rings. The standard InChI is InChI=1S/C22H34FN3O3/c23-17-7-5-16(6-8-17)20(27)14-25-11-9-15(10-12-25)13-26-21(28)18-3-1-2-4-19(18)24-22(26)29/h15-19H,1-14H2,(H,24,29). The van der Waals surface area contributed by atoms with Crippen molar-refractivity contribution in [3.63, 3.8) is 0 Å². The van der Waals surface area contributed by atoms with Gasteiger partial charge in [0.05, 0.1) is 12.5 Å². The van der Waals surface area contributed by atoms with E-state index < -0.39 is 6.17 Å². The highest BCUT2D eigenvalue weighted by molar-refractivity contribution is 5.98. The van der Waals surface area contributed by atoms with Crippen LogP contribution >= 0.6 is 0 Å². The Labute approximate surface area is 172 Å². The van der Waals surface area contributed by atoms with Crippen molar-refractivity contribution in [2.24, 2.45) is 17.8 Å². The maximum absolute atomic E-state index is 13.3. The van der Waals surface area contributed by atoms with Crippen molar-refractivity contribution in [2.45, 2.75) is 76.4 Å². The molecule has 0 radical (unpaired) electrons. The molecule has 2 aliphatic carbocycles. The maximum atomic E-state index is 13.3. The van der Waals surface area contributed by atoms with E-state index in [-0.39, 0.29) is 35.6 Å². The van der Waals surface area contributed by atoms with Crippen LogP contribution in [-0.2, 0) is 9.59 Å². The van der Waals surface area contributed by atoms with Crippen molar-refractivity contribution < 1.29 is 18.8 Å². The van der Waals surface area contributed by atoms with Crippen LogP contribution in [0, 0.1) is 17.8 Å². The van der Waals surface area contributed by atoms with E-state index in [1.807, 2.05) is 0 Å². The molecular formula is C22H34FN3O3. The Balaban J connectivity index is 1.23. The summed E-state index contributed by atoms with van der Waals surface area (Å²) in [6, 6.07) is -0.195. The summed E-state index contributed by atoms with van der Waals surface area (Å²) >= 11 is 0. The zero-order valence-corrected chi connectivity index (χ0v) is 17.3. The predicted molar refractivity (Wildman–Crippen MR) is 107 cm³/mol. The first-order chi connectivity index (χ1) is 14.0. The van der Waals surface area contributed by atoms with Crippen molar-refractivity contribution in [2.75, 3.05) is 26.2 Å². The third-order valence-electron chi connectivity index (χ3n) is 7.54. The number of hydrogen-bond acceptors (Lipinski definition) is 4. The summed E-state index contributed by atoms with van der Waals surface area (Å²) < 4.78 is 13.3. The molecule has 0 bridgehead atoms. The van der Waals surface area contributed by atoms with Gasteiger partial charge in [0.2, 0.25) is 5.91 Å². The number of carbonyl (C=O) groups is 3. The molecule has 0 spiro atoms. The number of imide groups is 1. The Morgan fingerprint density at radius 1 is 0.966 bits per heavy atom. The number of rotatable bonds is 5. The third-order valence-corrected chi connectivity index (χ3v) is 7.54. The summed E-state index contributed by atoms with van der Waals surface area (Å²) in [6.07, 6.45) is 7.42. The SMILES string of the molecule is O=C(CN1CCC(CN2C(=O)NC3CCCCC3C2=O)CC1)C1CCC(F)CC1. The highest BCUT2D eigenvalue weighted by Gasteiger charge is 2.42. The van der Waals surface area contributed by atoms with Gasteiger partial charge in [-0.15, -0.1) is 0 Å². The summed E-state index contributed by atoms with van der Waals surface area (Å²) in [5.74, 6) is 0.554. The fourth-order valence-corrected chi connectivity index (χ4v) is 5.62. The van der Waals surface area contributed by atoms with Crippen molar-refractivity contribution in [1.82, 2.24) is 15.1 Å². The number of urea groups is 1. The first kappa shape index (κ1) is 20.8. The molecule has 2 atom stereocenters. The molecule has 3 amide bonds. The van der Waals surface area contributed by atoms with Gasteiger partial charge in [-0.2, -0.15) is 0 Å². The quantitative estimate of drug-likeness (QED) is 0.761. The average molecular weight is 408 g/mol. The molecule has 0 aromatic heterocycles. The lowest BCUT2D eigenvalue weighted by atomic mass is 9.82. The smallest absolute Gasteiger partial charge is 0.324 e. The molecule has 2 aliphatic heterocycles. The Kier molecular flexibility index (Phi) is 6.52. The number of piperidine rings is 1. The second-order valence-corrected chi connectivity index (χ2v) is 9.53. The number of alkyl halides is 1. The molecule has 0 aromatic carbocycles. The molecule has 2 unspecified atom stereocenters. The van der Waals surface area contributed by atoms with E-state index >= 15 is 0 Å². The lowest BCUT2D eigenvalue weighted by molar-refractivity contribution is -0.137. The van der Waals surface area contributed by atoms with Crippen LogP contribution in [0.25, 0.3) is 0 Å². The van der Waals surface area contributed by atoms with Gasteiger partial charge in [0.25, 0.3) is 0 Å². The third kappa shape index (κ3) is 4.81. The van der Waals surface area contributed by atoms with E-state index in [1.165, 1.54) is 4.90 Å². The minimum Gasteiger partial charge on any atom is -0.334 e. The molecule has 29 heavy (non-hydrogen) atoms. The normalized spacial score (nSPS) is 34.6. The number of nitrogens with zero attached hydrogens (tertiary/aromatic N) is 2. The van der Waals surface area contributed by atoms with Crippen LogP contribution in [-0.4, -0.2) is 65.9 Å². The Hall–Kier alpha value is -1.50. The summed E-state index contributed by atoms with van der Waals surface area (Å²) in [7, 11) is 0. The van der Waals surface area contributed by atoms with E-state index in [2.05, 4.69) is 10.2 Å². The fraction of sp³-hybridized carbons (Fsp3) is 0.864. The zero-order valence-electron chi connectivity index (χ0n) is 17.3. The number of likely N-dealkylation sites (tertiary alicyclic amines) is 1. The van der Waals surface area contributed by atoms with E-state index in [1.54, 1.807) is 0 Å². The van der Waals surface area contributed by atoms with Crippen LogP contribution in [0.3, 0.4) is 0 Å². The van der Waals surface area contributed by atoms with Crippen LogP contribution in [0.2, 0.25) is 0 Å². The van der Waals surface area contributed by atoms with Gasteiger partial charge in [-0.3, -0.25) is 19.4 Å². The number of carbonyl (C=O) groups excluding carboxylic acids is 3. The van der Waals surface area contributed by atoms with E-state index in [4.69, 9.17) is 0 Å². The van der Waals surface area contributed by atoms with Gasteiger partial charge >= 0.3 is 6.03 Å². The lowest BCUT2D eigenvalue weighted by Gasteiger charge is -2.42. The summed E-state index contributed by atoms with van der Waals surface area (Å²) in [4.78, 5) is 41.5. The molecule has 162 valence electrons. The number of amides is 3. The Morgan fingerprint density at radius 3 is 2.38 bits per heavy atom. The largest absolute Gasteiger partial charge is 0.334 e. The van der Waals surface area contributed by atoms with Gasteiger partial charge in [0.15, 0.2) is 0 Å². The second kappa shape index (κ2) is 9.11. The minimum atomic E-state index is -0.728. The fourth-order valence-electron chi connectivity index (χ4n) is 5.62. The molecule has 4 aliphatic rings. The molecule has 2 heterocycles. The first-order valence-corrected chi connectivity index (χ1v) is 11.5. The first-order valence-electron chi connectivity index (χ1n) is 11.5. The molecule has 2 saturated heterocycles. The lowest BCUT2D eigenvalue weighted by Crippen LogP contribution is -2.61. The van der Waals surface area contributed by atoms with Gasteiger partial charge in [0.1, 0.15) is 12.0 Å². The molecule has 2 saturated carbocycles. The van der Waals surface area contributed by atoms with E-state index in [0.29, 0.717) is 44.7 Å². The van der Waals surface area contributed by atoms with Crippen LogP contribution < -0.4 is 5.32 Å². The molecule has 7 heteroatoms. The number of halogens is 1. The van der Waals surface area contributed by atoms with E-state index in [0.717, 1.165) is 51.6 Å². The monoisotopic (exact) mass is 407 g/mol. The van der Waals surface area contributed by atoms with Gasteiger partial charge in [-0.05, 0) is 70.4 Å². The summed E-state index contributed by atoms with van der Waals surface area (Å²) in [5.41, 5.74) is 0. The van der Waals surface area contributed by atoms with Crippen LogP contribution in [0.15, 0.2) is 0 Å². The van der Waals surface area contributed by atoms with Gasteiger partial charge in [-0.25, -0.2) is 9.18 Å². The molecule has 1 N–H and O–H groups in total. The number of fused-ring (bicyclic) bond motifs is 1. The number of hydrogen-bond donors (Lipinski definition) is 1. The van der Waals surface area contributed by atoms with Crippen molar-refractivity contribution in [3.8, 4) is 0 Å². The average Bonchev–Trinajstić information content (AvgIpc) is 2.73. The topological polar surface area (TPSA) is 69.7 Å². The zero-order chi connectivity index (χ0) is 20.4. The number of ketones is 1. The Morgan fingerprint density at radius 2 is 1.66 bits per heavy atom. The molecule has 6 nitrogen and oxygen atoms in total. The summed E-state index contributed by atoms with van der Waals surface area (Å²) in [5, 5.41) is 3.05. The molecule has 4 rings (SSSR count). The van der Waals surface area contributed by atoms with Crippen LogP contribution in [0.1, 0.15) is 64.2 Å². The number of nitrogens with one attached hydrogen (secondary N) is 1. The molecule has 4 fully saturated rings. The van der Waals surface area contributed by atoms with Crippen LogP contribution in [0.4, 0.5) is 9.18 Å². The van der Waals surface area contributed by atoms with Gasteiger partial charge in [-0.1, -0.05) is 12.8 Å². The highest BCUT2D eigenvalue weighted by atomic mass is 19.1. The van der Waals surface area contributed by atoms with Crippen LogP contribution in [0.5, 0.6) is 0 Å². The van der Waals surface area contributed by atoms with Gasteiger partial charge in [0, 0.05) is 18.5 Å². The van der Waals surface area contributed by atoms with Crippen molar-refractivity contribution in [1.29, 1.82) is 0 Å². The van der Waals surface area contributed by atoms with E-state index in [9.17, 15) is 18.8 Å². The minimum absolute atomic E-state index is 0.0134. The molecular weight excluding hydrogens is 373 g/mol. The predicted octanol–water partition coefficient (Wildman–Crippen LogP) is 2.91. The second-order valence-electron chi connectivity index (χ2n) is 9.53. The Bertz CT molecular complexity index is 627. The maximum Gasteiger partial charge on any atom is 0.324 e. The number of Topliss-reactive ketones (excluding diaryl/α,β-unsaturated/α-hetero) is 1. The van der Waals surface area contributed by atoms with Crippen molar-refractivity contribution >= 4 is 17.7 Å². The summed E-state index contributed by atoms with van der Waals surface area (Å²) in [6.45, 7) is 2.60.